The van der Waals surface area contributed by atoms with E-state index in [9.17, 15) is 10.1 Å². The largest absolute Gasteiger partial charge is 0.488 e. The van der Waals surface area contributed by atoms with Gasteiger partial charge in [-0.05, 0) is 37.1 Å². The van der Waals surface area contributed by atoms with E-state index in [-0.39, 0.29) is 12.0 Å². The third kappa shape index (κ3) is 3.83. The van der Waals surface area contributed by atoms with E-state index in [0.29, 0.717) is 12.2 Å². The maximum absolute atomic E-state index is 12.4. The van der Waals surface area contributed by atoms with Gasteiger partial charge in [0.05, 0.1) is 19.3 Å². The number of carbonyl (C=O) groups excluding carboxylic acids is 1. The Balaban J connectivity index is 1.62. The van der Waals surface area contributed by atoms with Crippen LogP contribution in [0.2, 0.25) is 0 Å². The van der Waals surface area contributed by atoms with Crippen LogP contribution in [0.5, 0.6) is 5.75 Å². The predicted octanol–water partition coefficient (Wildman–Crippen LogP) is 2.81. The monoisotopic (exact) mass is 314 g/mol. The Labute approximate surface area is 136 Å². The quantitative estimate of drug-likeness (QED) is 0.927. The predicted molar refractivity (Wildman–Crippen MR) is 85.2 cm³/mol. The molecule has 1 heterocycles. The first-order chi connectivity index (χ1) is 11.2. The van der Waals surface area contributed by atoms with Crippen LogP contribution < -0.4 is 10.1 Å². The molecule has 3 rings (SSSR count). The van der Waals surface area contributed by atoms with E-state index in [0.717, 1.165) is 50.9 Å². The number of benzene rings is 1. The second-order valence-electron chi connectivity index (χ2n) is 6.34. The first kappa shape index (κ1) is 15.8. The van der Waals surface area contributed by atoms with Crippen LogP contribution >= 0.6 is 0 Å². The molecule has 5 nitrogen and oxygen atoms in total. The standard InChI is InChI=1S/C18H22N2O3/c19-13-18(9-2-1-3-10-18)20-17(21)14-4-6-15(7-5-14)23-16-8-11-22-12-16/h4-7,16H,1-3,8-12H2,(H,20,21). The Morgan fingerprint density at radius 3 is 2.61 bits per heavy atom. The van der Waals surface area contributed by atoms with Crippen molar-refractivity contribution >= 4 is 5.91 Å². The topological polar surface area (TPSA) is 71.4 Å². The number of amides is 1. The third-order valence-corrected chi connectivity index (χ3v) is 4.58. The van der Waals surface area contributed by atoms with Gasteiger partial charge >= 0.3 is 0 Å². The fourth-order valence-corrected chi connectivity index (χ4v) is 3.19. The van der Waals surface area contributed by atoms with E-state index in [4.69, 9.17) is 9.47 Å². The van der Waals surface area contributed by atoms with Crippen LogP contribution in [0.25, 0.3) is 0 Å². The molecule has 1 aliphatic heterocycles. The lowest BCUT2D eigenvalue weighted by Gasteiger charge is -2.31. The fraction of sp³-hybridized carbons (Fsp3) is 0.556. The fourth-order valence-electron chi connectivity index (χ4n) is 3.19. The van der Waals surface area contributed by atoms with E-state index in [1.165, 1.54) is 0 Å². The second-order valence-corrected chi connectivity index (χ2v) is 6.34. The number of carbonyl (C=O) groups is 1. The van der Waals surface area contributed by atoms with Crippen molar-refractivity contribution in [1.82, 2.24) is 5.32 Å². The molecule has 1 saturated carbocycles. The summed E-state index contributed by atoms with van der Waals surface area (Å²) in [4.78, 5) is 12.4. The average Bonchev–Trinajstić information content (AvgIpc) is 3.09. The molecule has 0 bridgehead atoms. The van der Waals surface area contributed by atoms with Gasteiger partial charge in [0.2, 0.25) is 0 Å². The molecule has 0 radical (unpaired) electrons. The molecule has 23 heavy (non-hydrogen) atoms. The smallest absolute Gasteiger partial charge is 0.252 e. The van der Waals surface area contributed by atoms with Crippen LogP contribution in [0, 0.1) is 11.3 Å². The van der Waals surface area contributed by atoms with E-state index < -0.39 is 5.54 Å². The number of hydrogen-bond donors (Lipinski definition) is 1. The van der Waals surface area contributed by atoms with E-state index >= 15 is 0 Å². The van der Waals surface area contributed by atoms with Gasteiger partial charge in [-0.25, -0.2) is 0 Å². The number of rotatable bonds is 4. The first-order valence-corrected chi connectivity index (χ1v) is 8.29. The molecule has 1 aromatic rings. The molecule has 1 N–H and O–H groups in total. The summed E-state index contributed by atoms with van der Waals surface area (Å²) < 4.78 is 11.1. The van der Waals surface area contributed by atoms with Crippen LogP contribution in [-0.4, -0.2) is 30.8 Å². The SMILES string of the molecule is N#CC1(NC(=O)c2ccc(OC3CCOC3)cc2)CCCCC1. The Kier molecular flexibility index (Phi) is 4.82. The van der Waals surface area contributed by atoms with E-state index in [1.807, 2.05) is 0 Å². The van der Waals surface area contributed by atoms with Crippen molar-refractivity contribution in [2.75, 3.05) is 13.2 Å². The summed E-state index contributed by atoms with van der Waals surface area (Å²) in [6, 6.07) is 9.39. The zero-order chi connectivity index (χ0) is 16.1. The molecule has 2 fully saturated rings. The van der Waals surface area contributed by atoms with Crippen molar-refractivity contribution in [1.29, 1.82) is 5.26 Å². The third-order valence-electron chi connectivity index (χ3n) is 4.58. The minimum Gasteiger partial charge on any atom is -0.488 e. The lowest BCUT2D eigenvalue weighted by Crippen LogP contribution is -2.48. The van der Waals surface area contributed by atoms with Gasteiger partial charge in [-0.1, -0.05) is 19.3 Å². The summed E-state index contributed by atoms with van der Waals surface area (Å²) >= 11 is 0. The molecule has 0 aromatic heterocycles. The number of ether oxygens (including phenoxy) is 2. The highest BCUT2D eigenvalue weighted by molar-refractivity contribution is 5.95. The summed E-state index contributed by atoms with van der Waals surface area (Å²) in [5.41, 5.74) is -0.147. The average molecular weight is 314 g/mol. The van der Waals surface area contributed by atoms with Crippen molar-refractivity contribution in [2.45, 2.75) is 50.2 Å². The summed E-state index contributed by atoms with van der Waals surface area (Å²) in [6.45, 7) is 1.36. The van der Waals surface area contributed by atoms with Crippen molar-refractivity contribution < 1.29 is 14.3 Å². The van der Waals surface area contributed by atoms with Gasteiger partial charge in [-0.2, -0.15) is 5.26 Å². The van der Waals surface area contributed by atoms with Crippen molar-refractivity contribution in [3.8, 4) is 11.8 Å². The van der Waals surface area contributed by atoms with Gasteiger partial charge in [0.25, 0.3) is 5.91 Å². The normalized spacial score (nSPS) is 23.0. The van der Waals surface area contributed by atoms with Crippen molar-refractivity contribution in [2.24, 2.45) is 0 Å². The maximum atomic E-state index is 12.4. The summed E-state index contributed by atoms with van der Waals surface area (Å²) in [5.74, 6) is 0.550. The lowest BCUT2D eigenvalue weighted by molar-refractivity contribution is 0.0902. The summed E-state index contributed by atoms with van der Waals surface area (Å²) in [6.07, 6.45) is 5.58. The molecule has 2 aliphatic rings. The highest BCUT2D eigenvalue weighted by atomic mass is 16.5. The van der Waals surface area contributed by atoms with Crippen LogP contribution in [0.15, 0.2) is 24.3 Å². The van der Waals surface area contributed by atoms with Crippen LogP contribution in [-0.2, 0) is 4.74 Å². The molecule has 1 aliphatic carbocycles. The van der Waals surface area contributed by atoms with Crippen molar-refractivity contribution in [3.05, 3.63) is 29.8 Å². The molecule has 1 amide bonds. The van der Waals surface area contributed by atoms with Crippen LogP contribution in [0.4, 0.5) is 0 Å². The van der Waals surface area contributed by atoms with E-state index in [2.05, 4.69) is 11.4 Å². The molecule has 1 saturated heterocycles. The molecule has 1 unspecified atom stereocenters. The molecular weight excluding hydrogens is 292 g/mol. The minimum absolute atomic E-state index is 0.0961. The number of nitrogens with zero attached hydrogens (tertiary/aromatic N) is 1. The molecule has 0 spiro atoms. The van der Waals surface area contributed by atoms with Gasteiger partial charge < -0.3 is 14.8 Å². The number of nitriles is 1. The zero-order valence-corrected chi connectivity index (χ0v) is 13.2. The Morgan fingerprint density at radius 2 is 2.00 bits per heavy atom. The lowest BCUT2D eigenvalue weighted by atomic mass is 9.82. The van der Waals surface area contributed by atoms with E-state index in [1.54, 1.807) is 24.3 Å². The van der Waals surface area contributed by atoms with Gasteiger partial charge in [0.1, 0.15) is 17.4 Å². The van der Waals surface area contributed by atoms with Crippen molar-refractivity contribution in [3.63, 3.8) is 0 Å². The van der Waals surface area contributed by atoms with Gasteiger partial charge in [-0.15, -0.1) is 0 Å². The highest BCUT2D eigenvalue weighted by Crippen LogP contribution is 2.28. The Morgan fingerprint density at radius 1 is 1.26 bits per heavy atom. The van der Waals surface area contributed by atoms with Gasteiger partial charge in [0.15, 0.2) is 0 Å². The van der Waals surface area contributed by atoms with Crippen LogP contribution in [0.3, 0.4) is 0 Å². The van der Waals surface area contributed by atoms with Gasteiger partial charge in [-0.3, -0.25) is 4.79 Å². The maximum Gasteiger partial charge on any atom is 0.252 e. The molecule has 5 heteroatoms. The molecule has 122 valence electrons. The number of hydrogen-bond acceptors (Lipinski definition) is 4. The molecule has 1 atom stereocenters. The molecule has 1 aromatic carbocycles. The summed E-state index contributed by atoms with van der Waals surface area (Å²) in [5, 5.41) is 12.4. The van der Waals surface area contributed by atoms with Crippen LogP contribution in [0.1, 0.15) is 48.9 Å². The summed E-state index contributed by atoms with van der Waals surface area (Å²) in [7, 11) is 0. The molecular formula is C18H22N2O3. The Hall–Kier alpha value is -2.06. The minimum atomic E-state index is -0.703. The Bertz CT molecular complexity index is 579. The highest BCUT2D eigenvalue weighted by Gasteiger charge is 2.33. The van der Waals surface area contributed by atoms with Gasteiger partial charge in [0, 0.05) is 12.0 Å². The zero-order valence-electron chi connectivity index (χ0n) is 13.2. The first-order valence-electron chi connectivity index (χ1n) is 8.29. The number of nitrogens with one attached hydrogen (secondary N) is 1. The second kappa shape index (κ2) is 7.01.